The van der Waals surface area contributed by atoms with E-state index >= 15 is 0 Å². The highest BCUT2D eigenvalue weighted by Crippen LogP contribution is 2.15. The van der Waals surface area contributed by atoms with Crippen molar-refractivity contribution in [3.05, 3.63) is 0 Å². The van der Waals surface area contributed by atoms with Crippen LogP contribution in [0.1, 0.15) is 20.8 Å². The number of carbonyl (C=O) groups excluding carboxylic acids is 1. The van der Waals surface area contributed by atoms with E-state index in [1.165, 1.54) is 0 Å². The number of amides is 1. The Morgan fingerprint density at radius 1 is 0.824 bits per heavy atom. The smallest absolute Gasteiger partial charge is 0.297 e. The first-order chi connectivity index (χ1) is 16.5. The zero-order chi connectivity index (χ0) is 24.9. The van der Waals surface area contributed by atoms with Crippen molar-refractivity contribution >= 4 is 11.7 Å². The van der Waals surface area contributed by atoms with Crippen molar-refractivity contribution in [2.24, 2.45) is 4.99 Å². The maximum absolute atomic E-state index is 11.8. The Kier molecular flexibility index (Phi) is 12.9. The Bertz CT molecular complexity index is 1480. The van der Waals surface area contributed by atoms with Gasteiger partial charge in [0.15, 0.2) is 5.84 Å². The van der Waals surface area contributed by atoms with E-state index in [0.29, 0.717) is 12.6 Å². The molecule has 0 radical (unpaired) electrons. The Hall–Kier alpha value is -5.30. The van der Waals surface area contributed by atoms with Gasteiger partial charge in [0.2, 0.25) is 0 Å². The van der Waals surface area contributed by atoms with Gasteiger partial charge in [-0.2, -0.15) is 0 Å². The van der Waals surface area contributed by atoms with E-state index in [9.17, 15) is 4.79 Å². The first-order valence-electron chi connectivity index (χ1n) is 10.1. The summed E-state index contributed by atoms with van der Waals surface area (Å²) < 4.78 is 0.734. The number of amidine groups is 1. The number of quaternary nitrogens is 1. The number of hydrogen-bond donors (Lipinski definition) is 1. The molecule has 34 heavy (non-hydrogen) atoms. The Labute approximate surface area is 203 Å². The van der Waals surface area contributed by atoms with Gasteiger partial charge in [-0.05, 0) is 109 Å². The van der Waals surface area contributed by atoms with Crippen LogP contribution in [0.5, 0.6) is 0 Å². The van der Waals surface area contributed by atoms with Gasteiger partial charge in [-0.3, -0.25) is 9.28 Å². The van der Waals surface area contributed by atoms with Crippen molar-refractivity contribution < 1.29 is 9.28 Å². The number of rotatable bonds is 3. The molecule has 0 aromatic carbocycles. The molecule has 1 aliphatic rings. The highest BCUT2D eigenvalue weighted by atomic mass is 16.1. The van der Waals surface area contributed by atoms with Crippen LogP contribution in [0.15, 0.2) is 4.99 Å². The highest BCUT2D eigenvalue weighted by Gasteiger charge is 2.33. The molecule has 1 aliphatic heterocycles. The second-order valence-corrected chi connectivity index (χ2v) is 6.71. The molecule has 1 heterocycles. The van der Waals surface area contributed by atoms with E-state index in [-0.39, 0.29) is 5.91 Å². The van der Waals surface area contributed by atoms with Crippen LogP contribution >= 0.6 is 0 Å². The SMILES string of the molecule is CC#CC#CC#CC#CC#CC#CC#CC#CC#CC#CC(=O)NCC[N+]1(C)CC(C)N=C1C. The quantitative estimate of drug-likeness (QED) is 0.504. The van der Waals surface area contributed by atoms with Gasteiger partial charge in [-0.25, -0.2) is 4.99 Å². The van der Waals surface area contributed by atoms with Gasteiger partial charge in [0.25, 0.3) is 5.91 Å². The van der Waals surface area contributed by atoms with Gasteiger partial charge in [0, 0.05) is 24.7 Å². The van der Waals surface area contributed by atoms with Crippen LogP contribution in [0.2, 0.25) is 0 Å². The molecule has 4 nitrogen and oxygen atoms in total. The fraction of sp³-hybridized carbons (Fsp3) is 0.267. The molecule has 0 aliphatic carbocycles. The zero-order valence-corrected chi connectivity index (χ0v) is 19.5. The van der Waals surface area contributed by atoms with Crippen LogP contribution in [0.4, 0.5) is 0 Å². The molecule has 2 atom stereocenters. The zero-order valence-electron chi connectivity index (χ0n) is 19.5. The maximum Gasteiger partial charge on any atom is 0.297 e. The van der Waals surface area contributed by atoms with Gasteiger partial charge in [0.05, 0.1) is 13.6 Å². The molecule has 1 rings (SSSR count). The molecular weight excluding hydrogens is 418 g/mol. The standard InChI is InChI=1S/C30H19N3O/c1-5-6-7-8-9-10-11-12-13-14-15-16-17-18-19-20-21-22-23-24-30(34)31-25-26-33(4)27-28(2)32-29(33)3/h28H,25-27H2,1-4H3/p+1. The summed E-state index contributed by atoms with van der Waals surface area (Å²) in [5.74, 6) is 50.9. The lowest BCUT2D eigenvalue weighted by Gasteiger charge is -2.29. The third-order valence-corrected chi connectivity index (χ3v) is 4.11. The summed E-state index contributed by atoms with van der Waals surface area (Å²) in [6, 6.07) is 0.311. The van der Waals surface area contributed by atoms with Gasteiger partial charge in [-0.15, -0.1) is 0 Å². The van der Waals surface area contributed by atoms with Crippen LogP contribution < -0.4 is 5.32 Å². The van der Waals surface area contributed by atoms with Crippen LogP contribution in [-0.2, 0) is 4.79 Å². The third-order valence-electron chi connectivity index (χ3n) is 4.11. The minimum absolute atomic E-state index is 0.311. The molecule has 160 valence electrons. The third kappa shape index (κ3) is 12.4. The number of likely N-dealkylation sites (N-methyl/N-ethyl adjacent to an activating group) is 1. The highest BCUT2D eigenvalue weighted by molar-refractivity contribution is 5.94. The first kappa shape index (κ1) is 26.7. The second kappa shape index (κ2) is 16.4. The van der Waals surface area contributed by atoms with Gasteiger partial charge in [0.1, 0.15) is 19.1 Å². The molecule has 1 N–H and O–H groups in total. The number of carbonyl (C=O) groups is 1. The number of aliphatic imine (C=N–C) groups is 1. The van der Waals surface area contributed by atoms with Crippen molar-refractivity contribution in [3.8, 4) is 118 Å². The van der Waals surface area contributed by atoms with Crippen molar-refractivity contribution in [2.75, 3.05) is 26.7 Å². The molecule has 4 heteroatoms. The molecule has 0 fully saturated rings. The lowest BCUT2D eigenvalue weighted by molar-refractivity contribution is -0.814. The summed E-state index contributed by atoms with van der Waals surface area (Å²) in [6.07, 6.45) is 0. The Morgan fingerprint density at radius 3 is 1.62 bits per heavy atom. The summed E-state index contributed by atoms with van der Waals surface area (Å²) in [4.78, 5) is 16.3. The van der Waals surface area contributed by atoms with Crippen molar-refractivity contribution in [3.63, 3.8) is 0 Å². The predicted molar refractivity (Wildman–Crippen MR) is 135 cm³/mol. The number of nitrogens with zero attached hydrogens (tertiary/aromatic N) is 2. The molecule has 0 aromatic rings. The van der Waals surface area contributed by atoms with E-state index in [2.05, 4.69) is 143 Å². The molecule has 1 amide bonds. The normalized spacial score (nSPS) is 15.3. The average Bonchev–Trinajstić information content (AvgIpc) is 3.06. The fourth-order valence-electron chi connectivity index (χ4n) is 2.58. The summed E-state index contributed by atoms with van der Waals surface area (Å²) in [5, 5.41) is 2.77. The van der Waals surface area contributed by atoms with E-state index in [4.69, 9.17) is 0 Å². The Morgan fingerprint density at radius 2 is 1.24 bits per heavy atom. The lowest BCUT2D eigenvalue weighted by atomic mass is 10.3. The number of nitrogens with one attached hydrogen (secondary N) is 1. The molecule has 0 saturated carbocycles. The second-order valence-electron chi connectivity index (χ2n) is 6.71. The van der Waals surface area contributed by atoms with Gasteiger partial charge >= 0.3 is 0 Å². The van der Waals surface area contributed by atoms with Crippen molar-refractivity contribution in [2.45, 2.75) is 26.8 Å². The average molecular weight is 439 g/mol. The maximum atomic E-state index is 11.8. The van der Waals surface area contributed by atoms with E-state index in [0.717, 1.165) is 23.4 Å². The summed E-state index contributed by atoms with van der Waals surface area (Å²) >= 11 is 0. The van der Waals surface area contributed by atoms with E-state index < -0.39 is 0 Å². The summed E-state index contributed by atoms with van der Waals surface area (Å²) in [7, 11) is 2.11. The minimum atomic E-state index is -0.376. The molecule has 2 unspecified atom stereocenters. The molecule has 0 aromatic heterocycles. The summed E-state index contributed by atoms with van der Waals surface area (Å²) in [5.41, 5.74) is 0. The monoisotopic (exact) mass is 438 g/mol. The molecule has 0 bridgehead atoms. The molecule has 0 saturated heterocycles. The van der Waals surface area contributed by atoms with E-state index in [1.807, 2.05) is 6.92 Å². The van der Waals surface area contributed by atoms with Crippen LogP contribution in [-0.4, -0.2) is 48.9 Å². The molecular formula is C30H20N3O+. The fourth-order valence-corrected chi connectivity index (χ4v) is 2.58. The van der Waals surface area contributed by atoms with E-state index in [1.54, 1.807) is 6.92 Å². The topological polar surface area (TPSA) is 41.5 Å². The largest absolute Gasteiger partial charge is 0.340 e. The summed E-state index contributed by atoms with van der Waals surface area (Å²) in [6.45, 7) is 8.03. The molecule has 0 spiro atoms. The lowest BCUT2D eigenvalue weighted by Crippen LogP contribution is -2.50. The van der Waals surface area contributed by atoms with Crippen LogP contribution in [0.3, 0.4) is 0 Å². The minimum Gasteiger partial charge on any atom is -0.340 e. The van der Waals surface area contributed by atoms with Crippen LogP contribution in [0.25, 0.3) is 0 Å². The van der Waals surface area contributed by atoms with Crippen LogP contribution in [0, 0.1) is 118 Å². The Balaban J connectivity index is 2.37. The van der Waals surface area contributed by atoms with Gasteiger partial charge in [-0.1, -0.05) is 5.92 Å². The predicted octanol–water partition coefficient (Wildman–Crippen LogP) is 0.424. The first-order valence-corrected chi connectivity index (χ1v) is 10.1. The van der Waals surface area contributed by atoms with Crippen molar-refractivity contribution in [1.29, 1.82) is 0 Å². The number of hydrogen-bond acceptors (Lipinski definition) is 2. The van der Waals surface area contributed by atoms with Gasteiger partial charge < -0.3 is 5.32 Å². The van der Waals surface area contributed by atoms with Crippen molar-refractivity contribution in [1.82, 2.24) is 5.32 Å².